The number of aromatic amines is 1. The standard InChI is InChI=1S/C17H22N8O2S/c1-3-7-18-14-11-10-20-25(15(11)22-17(21-14)28-4-2)9-8-19-16(27)12-5-6-13(26)24-23-12/h5-6,10H,3-4,7-9H2,1-2H3,(H,19,27)(H,24,26)(H,18,21,22). The van der Waals surface area contributed by atoms with Crippen LogP contribution in [0.1, 0.15) is 30.8 Å². The quantitative estimate of drug-likeness (QED) is 0.360. The summed E-state index contributed by atoms with van der Waals surface area (Å²) in [7, 11) is 0. The van der Waals surface area contributed by atoms with Gasteiger partial charge in [0, 0.05) is 19.2 Å². The Morgan fingerprint density at radius 1 is 1.25 bits per heavy atom. The number of amides is 1. The van der Waals surface area contributed by atoms with Gasteiger partial charge in [-0.3, -0.25) is 9.59 Å². The van der Waals surface area contributed by atoms with Crippen LogP contribution in [0.15, 0.2) is 28.3 Å². The molecule has 0 fully saturated rings. The Kier molecular flexibility index (Phi) is 6.58. The van der Waals surface area contributed by atoms with Gasteiger partial charge >= 0.3 is 0 Å². The molecule has 11 heteroatoms. The minimum atomic E-state index is -0.366. The van der Waals surface area contributed by atoms with Crippen LogP contribution in [-0.4, -0.2) is 54.7 Å². The van der Waals surface area contributed by atoms with Crippen molar-refractivity contribution in [2.24, 2.45) is 0 Å². The molecule has 1 amide bonds. The Balaban J connectivity index is 1.73. The maximum atomic E-state index is 12.1. The Bertz CT molecular complexity index is 996. The Labute approximate surface area is 165 Å². The van der Waals surface area contributed by atoms with Crippen molar-refractivity contribution in [1.82, 2.24) is 35.3 Å². The zero-order chi connectivity index (χ0) is 19.9. The van der Waals surface area contributed by atoms with Crippen molar-refractivity contribution in [1.29, 1.82) is 0 Å². The minimum Gasteiger partial charge on any atom is -0.369 e. The molecule has 3 aromatic heterocycles. The highest BCUT2D eigenvalue weighted by Gasteiger charge is 2.13. The Hall–Kier alpha value is -2.95. The number of hydrogen-bond donors (Lipinski definition) is 3. The van der Waals surface area contributed by atoms with Gasteiger partial charge in [-0.05, 0) is 18.2 Å². The molecule has 0 atom stereocenters. The van der Waals surface area contributed by atoms with Crippen molar-refractivity contribution in [3.63, 3.8) is 0 Å². The van der Waals surface area contributed by atoms with E-state index < -0.39 is 0 Å². The first kappa shape index (κ1) is 19.8. The average molecular weight is 402 g/mol. The lowest BCUT2D eigenvalue weighted by atomic mass is 10.3. The number of carbonyl (C=O) groups is 1. The first-order valence-corrected chi connectivity index (χ1v) is 10.0. The highest BCUT2D eigenvalue weighted by Crippen LogP contribution is 2.24. The van der Waals surface area contributed by atoms with Crippen molar-refractivity contribution < 1.29 is 4.79 Å². The molecule has 0 aliphatic heterocycles. The maximum absolute atomic E-state index is 12.1. The van der Waals surface area contributed by atoms with Crippen LogP contribution < -0.4 is 16.2 Å². The number of rotatable bonds is 9. The van der Waals surface area contributed by atoms with Gasteiger partial charge in [0.25, 0.3) is 11.5 Å². The lowest BCUT2D eigenvalue weighted by Crippen LogP contribution is -2.29. The number of nitrogens with one attached hydrogen (secondary N) is 3. The van der Waals surface area contributed by atoms with E-state index in [0.717, 1.165) is 35.6 Å². The van der Waals surface area contributed by atoms with Crippen molar-refractivity contribution in [2.45, 2.75) is 32.0 Å². The van der Waals surface area contributed by atoms with Crippen LogP contribution in [-0.2, 0) is 6.54 Å². The van der Waals surface area contributed by atoms with Crippen LogP contribution in [0.5, 0.6) is 0 Å². The van der Waals surface area contributed by atoms with E-state index in [0.29, 0.717) is 18.2 Å². The molecule has 3 N–H and O–H groups in total. The molecule has 148 valence electrons. The molecule has 0 aromatic carbocycles. The third-order valence-corrected chi connectivity index (χ3v) is 4.54. The molecule has 0 bridgehead atoms. The van der Waals surface area contributed by atoms with Gasteiger partial charge in [-0.15, -0.1) is 0 Å². The summed E-state index contributed by atoms with van der Waals surface area (Å²) in [5.74, 6) is 1.28. The van der Waals surface area contributed by atoms with Gasteiger partial charge in [0.05, 0.1) is 18.1 Å². The van der Waals surface area contributed by atoms with Crippen molar-refractivity contribution in [2.75, 3.05) is 24.2 Å². The molecule has 3 heterocycles. The topological polar surface area (TPSA) is 130 Å². The number of anilines is 1. The van der Waals surface area contributed by atoms with Crippen LogP contribution in [0.4, 0.5) is 5.82 Å². The molecular formula is C17H22N8O2S. The van der Waals surface area contributed by atoms with E-state index in [4.69, 9.17) is 0 Å². The summed E-state index contributed by atoms with van der Waals surface area (Å²) in [6.45, 7) is 5.74. The second-order valence-corrected chi connectivity index (χ2v) is 7.11. The Morgan fingerprint density at radius 2 is 2.11 bits per heavy atom. The van der Waals surface area contributed by atoms with Gasteiger partial charge < -0.3 is 10.6 Å². The number of hydrogen-bond acceptors (Lipinski definition) is 8. The fraction of sp³-hybridized carbons (Fsp3) is 0.412. The van der Waals surface area contributed by atoms with Gasteiger partial charge in [-0.25, -0.2) is 19.7 Å². The van der Waals surface area contributed by atoms with Crippen LogP contribution in [0.2, 0.25) is 0 Å². The molecule has 3 aromatic rings. The summed E-state index contributed by atoms with van der Waals surface area (Å²) < 4.78 is 1.74. The summed E-state index contributed by atoms with van der Waals surface area (Å²) in [5, 5.41) is 18.0. The smallest absolute Gasteiger partial charge is 0.271 e. The number of carbonyl (C=O) groups excluding carboxylic acids is 1. The molecule has 0 unspecified atom stereocenters. The van der Waals surface area contributed by atoms with Crippen LogP contribution in [0.25, 0.3) is 11.0 Å². The summed E-state index contributed by atoms with van der Waals surface area (Å²) in [6, 6.07) is 2.64. The molecule has 0 spiro atoms. The summed E-state index contributed by atoms with van der Waals surface area (Å²) in [4.78, 5) is 32.3. The molecule has 3 rings (SSSR count). The molecule has 28 heavy (non-hydrogen) atoms. The van der Waals surface area contributed by atoms with Crippen LogP contribution >= 0.6 is 11.8 Å². The van der Waals surface area contributed by atoms with E-state index in [1.807, 2.05) is 0 Å². The Morgan fingerprint density at radius 3 is 2.82 bits per heavy atom. The second kappa shape index (κ2) is 9.31. The normalized spacial score (nSPS) is 10.9. The van der Waals surface area contributed by atoms with Crippen molar-refractivity contribution in [3.8, 4) is 0 Å². The fourth-order valence-electron chi connectivity index (χ4n) is 2.51. The zero-order valence-corrected chi connectivity index (χ0v) is 16.5. The number of thioether (sulfide) groups is 1. The SMILES string of the molecule is CCCNc1nc(SCC)nc2c1cnn2CCNC(=O)c1ccc(=O)[nH]n1. The molecule has 0 aliphatic rings. The summed E-state index contributed by atoms with van der Waals surface area (Å²) in [5.41, 5.74) is 0.522. The van der Waals surface area contributed by atoms with E-state index in [9.17, 15) is 9.59 Å². The first-order valence-electron chi connectivity index (χ1n) is 9.06. The van der Waals surface area contributed by atoms with E-state index in [1.165, 1.54) is 12.1 Å². The summed E-state index contributed by atoms with van der Waals surface area (Å²) >= 11 is 1.57. The molecule has 0 radical (unpaired) electrons. The van der Waals surface area contributed by atoms with E-state index in [1.54, 1.807) is 22.6 Å². The van der Waals surface area contributed by atoms with E-state index >= 15 is 0 Å². The number of nitrogens with zero attached hydrogens (tertiary/aromatic N) is 5. The van der Waals surface area contributed by atoms with E-state index in [2.05, 4.69) is 49.7 Å². The van der Waals surface area contributed by atoms with Crippen molar-refractivity contribution in [3.05, 3.63) is 34.4 Å². The fourth-order valence-corrected chi connectivity index (χ4v) is 3.07. The van der Waals surface area contributed by atoms with Gasteiger partial charge in [-0.2, -0.15) is 10.2 Å². The number of H-pyrrole nitrogens is 1. The molecular weight excluding hydrogens is 380 g/mol. The molecule has 0 saturated carbocycles. The van der Waals surface area contributed by atoms with E-state index in [-0.39, 0.29) is 17.2 Å². The molecule has 0 saturated heterocycles. The highest BCUT2D eigenvalue weighted by molar-refractivity contribution is 7.99. The molecule has 0 aliphatic carbocycles. The lowest BCUT2D eigenvalue weighted by molar-refractivity contribution is 0.0946. The second-order valence-electron chi connectivity index (χ2n) is 5.88. The highest BCUT2D eigenvalue weighted by atomic mass is 32.2. The zero-order valence-electron chi connectivity index (χ0n) is 15.7. The van der Waals surface area contributed by atoms with Crippen LogP contribution in [0.3, 0.4) is 0 Å². The van der Waals surface area contributed by atoms with Gasteiger partial charge in [0.1, 0.15) is 11.5 Å². The minimum absolute atomic E-state index is 0.153. The maximum Gasteiger partial charge on any atom is 0.271 e. The first-order chi connectivity index (χ1) is 13.6. The molecule has 10 nitrogen and oxygen atoms in total. The predicted molar refractivity (Wildman–Crippen MR) is 108 cm³/mol. The summed E-state index contributed by atoms with van der Waals surface area (Å²) in [6.07, 6.45) is 2.72. The third-order valence-electron chi connectivity index (χ3n) is 3.81. The van der Waals surface area contributed by atoms with Gasteiger partial charge in [-0.1, -0.05) is 25.6 Å². The van der Waals surface area contributed by atoms with Gasteiger partial charge in [0.2, 0.25) is 0 Å². The van der Waals surface area contributed by atoms with Crippen LogP contribution in [0, 0.1) is 0 Å². The monoisotopic (exact) mass is 402 g/mol. The number of fused-ring (bicyclic) bond motifs is 1. The largest absolute Gasteiger partial charge is 0.369 e. The third kappa shape index (κ3) is 4.66. The van der Waals surface area contributed by atoms with Gasteiger partial charge in [0.15, 0.2) is 10.8 Å². The lowest BCUT2D eigenvalue weighted by Gasteiger charge is -2.09. The predicted octanol–water partition coefficient (Wildman–Crippen LogP) is 1.27. The van der Waals surface area contributed by atoms with Crippen molar-refractivity contribution >= 4 is 34.5 Å². The average Bonchev–Trinajstić information content (AvgIpc) is 3.10. The number of aromatic nitrogens is 6.